The van der Waals surface area contributed by atoms with E-state index in [0.29, 0.717) is 0 Å². The molecular formula is C27H29N5O. The van der Waals surface area contributed by atoms with E-state index in [0.717, 1.165) is 59.8 Å². The Bertz CT molecular complexity index is 1210. The number of fused-ring (bicyclic) bond motifs is 1. The number of carbonyl (C=O) groups is 1. The molecule has 2 amide bonds. The van der Waals surface area contributed by atoms with E-state index in [1.165, 1.54) is 18.4 Å². The molecule has 0 atom stereocenters. The van der Waals surface area contributed by atoms with Crippen molar-refractivity contribution < 1.29 is 4.79 Å². The summed E-state index contributed by atoms with van der Waals surface area (Å²) in [6.45, 7) is 3.01. The van der Waals surface area contributed by atoms with Crippen LogP contribution in [0.2, 0.25) is 0 Å². The van der Waals surface area contributed by atoms with Crippen molar-refractivity contribution in [1.82, 2.24) is 15.1 Å². The lowest BCUT2D eigenvalue weighted by Gasteiger charge is -2.32. The zero-order valence-electron chi connectivity index (χ0n) is 18.6. The average molecular weight is 440 g/mol. The van der Waals surface area contributed by atoms with Crippen molar-refractivity contribution in [3.63, 3.8) is 0 Å². The summed E-state index contributed by atoms with van der Waals surface area (Å²) in [4.78, 5) is 15.2. The lowest BCUT2D eigenvalue weighted by molar-refractivity contribution is 0.177. The Morgan fingerprint density at radius 1 is 0.970 bits per heavy atom. The van der Waals surface area contributed by atoms with E-state index in [1.54, 1.807) is 6.20 Å². The van der Waals surface area contributed by atoms with Crippen molar-refractivity contribution in [3.8, 4) is 0 Å². The van der Waals surface area contributed by atoms with Gasteiger partial charge in [-0.3, -0.25) is 10.00 Å². The number of amides is 2. The average Bonchev–Trinajstić information content (AvgIpc) is 3.30. The van der Waals surface area contributed by atoms with Crippen LogP contribution in [-0.4, -0.2) is 34.2 Å². The fourth-order valence-electron chi connectivity index (χ4n) is 4.62. The van der Waals surface area contributed by atoms with Crippen LogP contribution >= 0.6 is 0 Å². The Balaban J connectivity index is 1.16. The number of aromatic amines is 1. The summed E-state index contributed by atoms with van der Waals surface area (Å²) in [5.41, 5.74) is 5.10. The van der Waals surface area contributed by atoms with Gasteiger partial charge in [0.05, 0.1) is 11.7 Å². The molecule has 0 saturated carbocycles. The van der Waals surface area contributed by atoms with Gasteiger partial charge >= 0.3 is 6.03 Å². The minimum Gasteiger partial charge on any atom is -0.308 e. The number of nitrogens with one attached hydrogen (secondary N) is 3. The van der Waals surface area contributed by atoms with E-state index in [4.69, 9.17) is 0 Å². The van der Waals surface area contributed by atoms with Gasteiger partial charge in [0, 0.05) is 23.3 Å². The van der Waals surface area contributed by atoms with Crippen molar-refractivity contribution >= 4 is 28.3 Å². The van der Waals surface area contributed by atoms with Gasteiger partial charge in [-0.2, -0.15) is 5.10 Å². The SMILES string of the molecule is O=C(Nc1ccc2[nH]ncc2c1)Nc1ccccc1CN1CCC(Cc2ccccc2)CC1. The second-order valence-corrected chi connectivity index (χ2v) is 8.82. The Labute approximate surface area is 194 Å². The van der Waals surface area contributed by atoms with Gasteiger partial charge in [-0.25, -0.2) is 4.79 Å². The molecule has 6 heteroatoms. The molecule has 0 bridgehead atoms. The fraction of sp³-hybridized carbons (Fsp3) is 0.259. The second-order valence-electron chi connectivity index (χ2n) is 8.82. The molecule has 1 aromatic heterocycles. The number of piperidine rings is 1. The highest BCUT2D eigenvalue weighted by molar-refractivity contribution is 6.01. The maximum Gasteiger partial charge on any atom is 0.323 e. The van der Waals surface area contributed by atoms with Crippen LogP contribution < -0.4 is 10.6 Å². The van der Waals surface area contributed by atoms with Crippen LogP contribution in [0.1, 0.15) is 24.0 Å². The molecule has 1 aliphatic heterocycles. The number of rotatable bonds is 6. The smallest absolute Gasteiger partial charge is 0.308 e. The first-order chi connectivity index (χ1) is 16.2. The lowest BCUT2D eigenvalue weighted by Crippen LogP contribution is -2.34. The number of carbonyl (C=O) groups excluding carboxylic acids is 1. The number of likely N-dealkylation sites (tertiary alicyclic amines) is 1. The minimum absolute atomic E-state index is 0.244. The van der Waals surface area contributed by atoms with Crippen molar-refractivity contribution in [2.75, 3.05) is 23.7 Å². The van der Waals surface area contributed by atoms with E-state index in [-0.39, 0.29) is 6.03 Å². The molecule has 2 heterocycles. The summed E-state index contributed by atoms with van der Waals surface area (Å²) in [5.74, 6) is 0.746. The molecule has 6 nitrogen and oxygen atoms in total. The summed E-state index contributed by atoms with van der Waals surface area (Å²) < 4.78 is 0. The van der Waals surface area contributed by atoms with Crippen LogP contribution in [0, 0.1) is 5.92 Å². The maximum atomic E-state index is 12.7. The first-order valence-corrected chi connectivity index (χ1v) is 11.6. The predicted molar refractivity (Wildman–Crippen MR) is 133 cm³/mol. The van der Waals surface area contributed by atoms with Gasteiger partial charge < -0.3 is 10.6 Å². The third-order valence-corrected chi connectivity index (χ3v) is 6.43. The first kappa shape index (κ1) is 21.2. The topological polar surface area (TPSA) is 73.0 Å². The number of H-pyrrole nitrogens is 1. The predicted octanol–water partition coefficient (Wildman–Crippen LogP) is 5.66. The number of anilines is 2. The van der Waals surface area contributed by atoms with Gasteiger partial charge in [-0.15, -0.1) is 0 Å². The molecular weight excluding hydrogens is 410 g/mol. The van der Waals surface area contributed by atoms with E-state index in [1.807, 2.05) is 36.4 Å². The van der Waals surface area contributed by atoms with Gasteiger partial charge in [0.2, 0.25) is 0 Å². The van der Waals surface area contributed by atoms with E-state index < -0.39 is 0 Å². The third-order valence-electron chi connectivity index (χ3n) is 6.43. The summed E-state index contributed by atoms with van der Waals surface area (Å²) in [6, 6.07) is 24.3. The maximum absolute atomic E-state index is 12.7. The first-order valence-electron chi connectivity index (χ1n) is 11.6. The Kier molecular flexibility index (Phi) is 6.35. The van der Waals surface area contributed by atoms with Gasteiger partial charge in [0.1, 0.15) is 0 Å². The quantitative estimate of drug-likeness (QED) is 0.363. The number of benzene rings is 3. The van der Waals surface area contributed by atoms with Crippen LogP contribution in [-0.2, 0) is 13.0 Å². The fourth-order valence-corrected chi connectivity index (χ4v) is 4.62. The number of aromatic nitrogens is 2. The monoisotopic (exact) mass is 439 g/mol. The highest BCUT2D eigenvalue weighted by Crippen LogP contribution is 2.25. The number of hydrogen-bond donors (Lipinski definition) is 3. The molecule has 0 radical (unpaired) electrons. The van der Waals surface area contributed by atoms with Crippen LogP contribution in [0.5, 0.6) is 0 Å². The second kappa shape index (κ2) is 9.88. The zero-order valence-corrected chi connectivity index (χ0v) is 18.6. The highest BCUT2D eigenvalue weighted by atomic mass is 16.2. The van der Waals surface area contributed by atoms with Gasteiger partial charge in [-0.1, -0.05) is 48.5 Å². The van der Waals surface area contributed by atoms with Gasteiger partial charge in [0.25, 0.3) is 0 Å². The Morgan fingerprint density at radius 3 is 2.61 bits per heavy atom. The van der Waals surface area contributed by atoms with Crippen LogP contribution in [0.25, 0.3) is 10.9 Å². The molecule has 1 saturated heterocycles. The Hall–Kier alpha value is -3.64. The van der Waals surface area contributed by atoms with Crippen LogP contribution in [0.4, 0.5) is 16.2 Å². The summed E-state index contributed by atoms with van der Waals surface area (Å²) >= 11 is 0. The zero-order chi connectivity index (χ0) is 22.5. The van der Waals surface area contributed by atoms with Crippen molar-refractivity contribution in [1.29, 1.82) is 0 Å². The third kappa shape index (κ3) is 5.41. The van der Waals surface area contributed by atoms with E-state index >= 15 is 0 Å². The molecule has 3 aromatic carbocycles. The van der Waals surface area contributed by atoms with Crippen molar-refractivity contribution in [3.05, 3.63) is 90.1 Å². The van der Waals surface area contributed by atoms with Crippen LogP contribution in [0.15, 0.2) is 79.0 Å². The molecule has 0 spiro atoms. The summed E-state index contributed by atoms with van der Waals surface area (Å²) in [7, 11) is 0. The van der Waals surface area contributed by atoms with Gasteiger partial charge in [-0.05, 0) is 73.7 Å². The molecule has 4 aromatic rings. The van der Waals surface area contributed by atoms with Gasteiger partial charge in [0.15, 0.2) is 0 Å². The van der Waals surface area contributed by atoms with Crippen LogP contribution in [0.3, 0.4) is 0 Å². The number of nitrogens with zero attached hydrogens (tertiary/aromatic N) is 2. The number of urea groups is 1. The van der Waals surface area contributed by atoms with Crippen molar-refractivity contribution in [2.24, 2.45) is 5.92 Å². The van der Waals surface area contributed by atoms with E-state index in [2.05, 4.69) is 62.1 Å². The largest absolute Gasteiger partial charge is 0.323 e. The molecule has 33 heavy (non-hydrogen) atoms. The summed E-state index contributed by atoms with van der Waals surface area (Å²) in [5, 5.41) is 13.9. The lowest BCUT2D eigenvalue weighted by atomic mass is 9.90. The molecule has 168 valence electrons. The molecule has 0 aliphatic carbocycles. The Morgan fingerprint density at radius 2 is 1.76 bits per heavy atom. The standard InChI is InChI=1S/C27H29N5O/c33-27(29-24-10-11-26-23(17-24)18-28-31-26)30-25-9-5-4-8-22(25)19-32-14-12-21(13-15-32)16-20-6-2-1-3-7-20/h1-11,17-18,21H,12-16,19H2,(H,28,31)(H2,29,30,33). The number of hydrogen-bond acceptors (Lipinski definition) is 3. The molecule has 3 N–H and O–H groups in total. The normalized spacial score (nSPS) is 14.9. The highest BCUT2D eigenvalue weighted by Gasteiger charge is 2.20. The van der Waals surface area contributed by atoms with E-state index in [9.17, 15) is 4.79 Å². The van der Waals surface area contributed by atoms with Crippen molar-refractivity contribution in [2.45, 2.75) is 25.8 Å². The minimum atomic E-state index is -0.244. The molecule has 1 fully saturated rings. The summed E-state index contributed by atoms with van der Waals surface area (Å²) in [6.07, 6.45) is 5.33. The molecule has 5 rings (SSSR count). The molecule has 1 aliphatic rings. The molecule has 0 unspecified atom stereocenters. The number of para-hydroxylation sites is 1.